The van der Waals surface area contributed by atoms with Gasteiger partial charge in [0.25, 0.3) is 0 Å². The number of carbonyl (C=O) groups is 2. The minimum Gasteiger partial charge on any atom is -0.496 e. The molecule has 1 unspecified atom stereocenters. The molecule has 0 aliphatic carbocycles. The van der Waals surface area contributed by atoms with Gasteiger partial charge in [0, 0.05) is 6.42 Å². The monoisotopic (exact) mass is 445 g/mol. The molecule has 0 aliphatic rings. The summed E-state index contributed by atoms with van der Waals surface area (Å²) in [6.45, 7) is 5.10. The van der Waals surface area contributed by atoms with Gasteiger partial charge in [0.15, 0.2) is 0 Å². The molecule has 8 heteroatoms. The highest BCUT2D eigenvalue weighted by Gasteiger charge is 2.25. The summed E-state index contributed by atoms with van der Waals surface area (Å²) < 4.78 is 21.1. The number of alkyl carbamates (subject to hydrolysis) is 1. The average molecular weight is 446 g/mol. The Labute approximate surface area is 188 Å². The summed E-state index contributed by atoms with van der Waals surface area (Å²) in [6.07, 6.45) is -0.466. The van der Waals surface area contributed by atoms with E-state index in [1.807, 2.05) is 24.3 Å². The first kappa shape index (κ1) is 25.0. The zero-order valence-electron chi connectivity index (χ0n) is 19.4. The van der Waals surface area contributed by atoms with Gasteiger partial charge in [-0.1, -0.05) is 24.3 Å². The van der Waals surface area contributed by atoms with Gasteiger partial charge in [0.1, 0.15) is 23.1 Å². The van der Waals surface area contributed by atoms with Crippen LogP contribution in [0.25, 0.3) is 11.1 Å². The molecular formula is C24H31NO7. The van der Waals surface area contributed by atoms with Crippen molar-refractivity contribution in [2.24, 2.45) is 0 Å². The standard InChI is InChI=1S/C24H31NO7/c1-24(2,3)32-23(28)25-18(22(27)31-6)11-15-7-9-17(10-8-15)21-19(29-4)12-16(14-26)13-20(21)30-5/h7-10,12-13,18,26H,11,14H2,1-6H3,(H,25,28). The molecule has 2 aromatic rings. The summed E-state index contributed by atoms with van der Waals surface area (Å²) in [5.41, 5.74) is 2.38. The van der Waals surface area contributed by atoms with Crippen molar-refractivity contribution in [3.05, 3.63) is 47.5 Å². The van der Waals surface area contributed by atoms with E-state index in [-0.39, 0.29) is 13.0 Å². The molecule has 0 saturated heterocycles. The number of esters is 1. The number of ether oxygens (including phenoxy) is 4. The molecule has 2 aromatic carbocycles. The number of hydrogen-bond acceptors (Lipinski definition) is 7. The number of benzene rings is 2. The van der Waals surface area contributed by atoms with Crippen LogP contribution in [0, 0.1) is 0 Å². The van der Waals surface area contributed by atoms with Crippen LogP contribution < -0.4 is 14.8 Å². The molecule has 2 rings (SSSR count). The van der Waals surface area contributed by atoms with Crippen molar-refractivity contribution in [3.63, 3.8) is 0 Å². The summed E-state index contributed by atoms with van der Waals surface area (Å²) in [5.74, 6) is 0.572. The zero-order valence-corrected chi connectivity index (χ0v) is 19.4. The molecule has 0 aliphatic heterocycles. The maximum absolute atomic E-state index is 12.2. The Bertz CT molecular complexity index is 907. The van der Waals surface area contributed by atoms with Crippen LogP contribution in [0.15, 0.2) is 36.4 Å². The molecule has 32 heavy (non-hydrogen) atoms. The second kappa shape index (κ2) is 10.9. The van der Waals surface area contributed by atoms with Gasteiger partial charge < -0.3 is 29.4 Å². The van der Waals surface area contributed by atoms with E-state index in [0.29, 0.717) is 17.1 Å². The molecule has 0 bridgehead atoms. The van der Waals surface area contributed by atoms with Crippen molar-refractivity contribution in [1.29, 1.82) is 0 Å². The third-order valence-electron chi connectivity index (χ3n) is 4.61. The van der Waals surface area contributed by atoms with E-state index >= 15 is 0 Å². The zero-order chi connectivity index (χ0) is 23.9. The van der Waals surface area contributed by atoms with Crippen molar-refractivity contribution in [3.8, 4) is 22.6 Å². The lowest BCUT2D eigenvalue weighted by atomic mass is 9.98. The maximum Gasteiger partial charge on any atom is 0.408 e. The van der Waals surface area contributed by atoms with Gasteiger partial charge in [-0.3, -0.25) is 0 Å². The van der Waals surface area contributed by atoms with E-state index in [1.54, 1.807) is 47.1 Å². The quantitative estimate of drug-likeness (QED) is 0.600. The normalized spacial score (nSPS) is 12.0. The number of rotatable bonds is 8. The number of hydrogen-bond donors (Lipinski definition) is 2. The molecule has 8 nitrogen and oxygen atoms in total. The Morgan fingerprint density at radius 2 is 1.53 bits per heavy atom. The Morgan fingerprint density at radius 1 is 0.969 bits per heavy atom. The summed E-state index contributed by atoms with van der Waals surface area (Å²) in [7, 11) is 4.37. The van der Waals surface area contributed by atoms with Gasteiger partial charge in [-0.15, -0.1) is 0 Å². The van der Waals surface area contributed by atoms with E-state index in [4.69, 9.17) is 18.9 Å². The van der Waals surface area contributed by atoms with Crippen LogP contribution in [0.5, 0.6) is 11.5 Å². The number of methoxy groups -OCH3 is 3. The van der Waals surface area contributed by atoms with Gasteiger partial charge in [0.05, 0.1) is 33.5 Å². The van der Waals surface area contributed by atoms with Crippen LogP contribution in [0.3, 0.4) is 0 Å². The minimum absolute atomic E-state index is 0.133. The van der Waals surface area contributed by atoms with Gasteiger partial charge >= 0.3 is 12.1 Å². The van der Waals surface area contributed by atoms with Crippen molar-refractivity contribution in [2.75, 3.05) is 21.3 Å². The number of aliphatic hydroxyl groups excluding tert-OH is 1. The second-order valence-electron chi connectivity index (χ2n) is 8.16. The van der Waals surface area contributed by atoms with Crippen LogP contribution in [-0.4, -0.2) is 50.1 Å². The van der Waals surface area contributed by atoms with E-state index in [9.17, 15) is 14.7 Å². The van der Waals surface area contributed by atoms with Crippen LogP contribution in [-0.2, 0) is 27.3 Å². The first-order valence-corrected chi connectivity index (χ1v) is 10.1. The highest BCUT2D eigenvalue weighted by molar-refractivity contribution is 5.82. The Hall–Kier alpha value is -3.26. The first-order valence-electron chi connectivity index (χ1n) is 10.1. The van der Waals surface area contributed by atoms with E-state index in [2.05, 4.69) is 5.32 Å². The predicted octanol–water partition coefficient (Wildman–Crippen LogP) is 3.47. The highest BCUT2D eigenvalue weighted by Crippen LogP contribution is 2.39. The molecule has 0 fully saturated rings. The maximum atomic E-state index is 12.2. The van der Waals surface area contributed by atoms with Crippen molar-refractivity contribution < 1.29 is 33.6 Å². The fraction of sp³-hybridized carbons (Fsp3) is 0.417. The average Bonchev–Trinajstić information content (AvgIpc) is 2.76. The number of carbonyl (C=O) groups excluding carboxylic acids is 2. The van der Waals surface area contributed by atoms with Crippen LogP contribution in [0.2, 0.25) is 0 Å². The Kier molecular flexibility index (Phi) is 8.48. The van der Waals surface area contributed by atoms with Gasteiger partial charge in [0.2, 0.25) is 0 Å². The van der Waals surface area contributed by atoms with Gasteiger partial charge in [-0.2, -0.15) is 0 Å². The smallest absolute Gasteiger partial charge is 0.408 e. The fourth-order valence-corrected chi connectivity index (χ4v) is 3.17. The summed E-state index contributed by atoms with van der Waals surface area (Å²) in [6, 6.07) is 10.1. The van der Waals surface area contributed by atoms with Crippen molar-refractivity contribution >= 4 is 12.1 Å². The topological polar surface area (TPSA) is 103 Å². The first-order chi connectivity index (χ1) is 15.1. The SMILES string of the molecule is COC(=O)C(Cc1ccc(-c2c(OC)cc(CO)cc2OC)cc1)NC(=O)OC(C)(C)C. The second-order valence-corrected chi connectivity index (χ2v) is 8.16. The lowest BCUT2D eigenvalue weighted by molar-refractivity contribution is -0.143. The molecule has 1 amide bonds. The molecule has 174 valence electrons. The minimum atomic E-state index is -0.895. The van der Waals surface area contributed by atoms with E-state index < -0.39 is 23.7 Å². The van der Waals surface area contributed by atoms with Crippen molar-refractivity contribution in [2.45, 2.75) is 45.4 Å². The molecule has 0 heterocycles. The Morgan fingerprint density at radius 3 is 1.97 bits per heavy atom. The third-order valence-corrected chi connectivity index (χ3v) is 4.61. The predicted molar refractivity (Wildman–Crippen MR) is 120 cm³/mol. The molecule has 0 radical (unpaired) electrons. The third kappa shape index (κ3) is 6.62. The van der Waals surface area contributed by atoms with Crippen LogP contribution >= 0.6 is 0 Å². The van der Waals surface area contributed by atoms with Gasteiger partial charge in [-0.05, 0) is 49.6 Å². The molecule has 0 spiro atoms. The summed E-state index contributed by atoms with van der Waals surface area (Å²) >= 11 is 0. The molecule has 2 N–H and O–H groups in total. The van der Waals surface area contributed by atoms with Crippen molar-refractivity contribution in [1.82, 2.24) is 5.32 Å². The lowest BCUT2D eigenvalue weighted by Gasteiger charge is -2.22. The van der Waals surface area contributed by atoms with E-state index in [0.717, 1.165) is 16.7 Å². The molecule has 1 atom stereocenters. The van der Waals surface area contributed by atoms with Gasteiger partial charge in [-0.25, -0.2) is 9.59 Å². The van der Waals surface area contributed by atoms with Crippen LogP contribution in [0.1, 0.15) is 31.9 Å². The Balaban J connectivity index is 2.27. The molecule has 0 aromatic heterocycles. The van der Waals surface area contributed by atoms with E-state index in [1.165, 1.54) is 7.11 Å². The largest absolute Gasteiger partial charge is 0.496 e. The lowest BCUT2D eigenvalue weighted by Crippen LogP contribution is -2.45. The number of aliphatic hydroxyl groups is 1. The van der Waals surface area contributed by atoms with Crippen LogP contribution in [0.4, 0.5) is 4.79 Å². The molecule has 0 saturated carbocycles. The number of amides is 1. The highest BCUT2D eigenvalue weighted by atomic mass is 16.6. The fourth-order valence-electron chi connectivity index (χ4n) is 3.17. The summed E-state index contributed by atoms with van der Waals surface area (Å²) in [5, 5.41) is 12.0. The summed E-state index contributed by atoms with van der Waals surface area (Å²) in [4.78, 5) is 24.3. The number of nitrogens with one attached hydrogen (secondary N) is 1. The molecular weight excluding hydrogens is 414 g/mol.